The van der Waals surface area contributed by atoms with E-state index in [0.29, 0.717) is 12.1 Å². The van der Waals surface area contributed by atoms with Crippen molar-refractivity contribution in [1.82, 2.24) is 4.98 Å². The number of nitrogens with zero attached hydrogens (tertiary/aromatic N) is 1. The highest BCUT2D eigenvalue weighted by atomic mass is 79.9. The van der Waals surface area contributed by atoms with Crippen LogP contribution in [0.5, 0.6) is 0 Å². The maximum absolute atomic E-state index is 11.6. The highest BCUT2D eigenvalue weighted by molar-refractivity contribution is 9.10. The summed E-state index contributed by atoms with van der Waals surface area (Å²) in [5.74, 6) is -1.50. The Hall–Kier alpha value is -1.68. The van der Waals surface area contributed by atoms with E-state index in [-0.39, 0.29) is 0 Å². The van der Waals surface area contributed by atoms with Crippen LogP contribution in [0.1, 0.15) is 28.3 Å². The van der Waals surface area contributed by atoms with Crippen LogP contribution in [-0.2, 0) is 11.2 Å². The molecule has 0 aliphatic rings. The first-order chi connectivity index (χ1) is 9.49. The zero-order chi connectivity index (χ0) is 14.7. The summed E-state index contributed by atoms with van der Waals surface area (Å²) in [7, 11) is 0. The maximum Gasteiger partial charge on any atom is 0.312 e. The third kappa shape index (κ3) is 3.25. The number of aromatic nitrogens is 1. The number of carboxylic acids is 1. The number of carbonyl (C=O) groups is 1. The van der Waals surface area contributed by atoms with Gasteiger partial charge in [0.15, 0.2) is 0 Å². The molecule has 2 rings (SSSR count). The second-order valence-electron chi connectivity index (χ2n) is 4.91. The zero-order valence-corrected chi connectivity index (χ0v) is 13.0. The molecule has 4 heteroatoms. The summed E-state index contributed by atoms with van der Waals surface area (Å²) in [6.07, 6.45) is 2.09. The van der Waals surface area contributed by atoms with Gasteiger partial charge < -0.3 is 5.11 Å². The van der Waals surface area contributed by atoms with Gasteiger partial charge in [0.05, 0.1) is 5.69 Å². The van der Waals surface area contributed by atoms with E-state index in [4.69, 9.17) is 0 Å². The standard InChI is InChI=1S/C16H16BrNO2/c1-10-4-3-5-12(8-10)9-13(16(19)20)15-14(17)11(2)6-7-18-15/h3-8,13H,9H2,1-2H3,(H,19,20). The van der Waals surface area contributed by atoms with E-state index < -0.39 is 11.9 Å². The third-order valence-corrected chi connectivity index (χ3v) is 4.29. The SMILES string of the molecule is Cc1cccc(CC(C(=O)O)c2nccc(C)c2Br)c1. The molecule has 1 aromatic carbocycles. The molecule has 0 saturated carbocycles. The van der Waals surface area contributed by atoms with Gasteiger partial charge in [-0.05, 0) is 53.4 Å². The van der Waals surface area contributed by atoms with Crippen LogP contribution in [0.3, 0.4) is 0 Å². The Kier molecular flexibility index (Phi) is 4.55. The van der Waals surface area contributed by atoms with Crippen LogP contribution in [0.4, 0.5) is 0 Å². The number of halogens is 1. The normalized spacial score (nSPS) is 12.2. The Morgan fingerprint density at radius 3 is 2.75 bits per heavy atom. The minimum Gasteiger partial charge on any atom is -0.481 e. The molecule has 1 N–H and O–H groups in total. The molecule has 1 atom stereocenters. The van der Waals surface area contributed by atoms with Gasteiger partial charge >= 0.3 is 5.97 Å². The van der Waals surface area contributed by atoms with Gasteiger partial charge in [-0.25, -0.2) is 0 Å². The molecule has 0 spiro atoms. The van der Waals surface area contributed by atoms with Crippen molar-refractivity contribution in [1.29, 1.82) is 0 Å². The predicted octanol–water partition coefficient (Wildman–Crippen LogP) is 3.87. The van der Waals surface area contributed by atoms with Crippen molar-refractivity contribution >= 4 is 21.9 Å². The average molecular weight is 334 g/mol. The van der Waals surface area contributed by atoms with Crippen molar-refractivity contribution in [2.24, 2.45) is 0 Å². The molecule has 2 aromatic rings. The number of benzene rings is 1. The molecule has 1 aromatic heterocycles. The third-order valence-electron chi connectivity index (χ3n) is 3.26. The van der Waals surface area contributed by atoms with Crippen molar-refractivity contribution in [2.45, 2.75) is 26.2 Å². The lowest BCUT2D eigenvalue weighted by Gasteiger charge is -2.15. The lowest BCUT2D eigenvalue weighted by Crippen LogP contribution is -2.17. The van der Waals surface area contributed by atoms with Gasteiger partial charge in [0.25, 0.3) is 0 Å². The minimum atomic E-state index is -0.856. The number of aliphatic carboxylic acids is 1. The Balaban J connectivity index is 2.37. The van der Waals surface area contributed by atoms with E-state index >= 15 is 0 Å². The lowest BCUT2D eigenvalue weighted by atomic mass is 9.94. The molecule has 1 unspecified atom stereocenters. The topological polar surface area (TPSA) is 50.2 Å². The fourth-order valence-electron chi connectivity index (χ4n) is 2.18. The molecule has 3 nitrogen and oxygen atoms in total. The van der Waals surface area contributed by atoms with Crippen LogP contribution in [0.2, 0.25) is 0 Å². The fraction of sp³-hybridized carbons (Fsp3) is 0.250. The molecule has 0 fully saturated rings. The Labute approximate surface area is 126 Å². The Morgan fingerprint density at radius 2 is 2.10 bits per heavy atom. The Morgan fingerprint density at radius 1 is 1.35 bits per heavy atom. The number of carboxylic acid groups (broad SMARTS) is 1. The van der Waals surface area contributed by atoms with Gasteiger partial charge in [0.2, 0.25) is 0 Å². The number of hydrogen-bond acceptors (Lipinski definition) is 2. The highest BCUT2D eigenvalue weighted by Gasteiger charge is 2.24. The molecular weight excluding hydrogens is 318 g/mol. The van der Waals surface area contributed by atoms with Crippen LogP contribution in [0.15, 0.2) is 41.0 Å². The molecule has 0 aliphatic carbocycles. The number of rotatable bonds is 4. The predicted molar refractivity (Wildman–Crippen MR) is 81.9 cm³/mol. The summed E-state index contributed by atoms with van der Waals surface area (Å²) >= 11 is 3.45. The fourth-order valence-corrected chi connectivity index (χ4v) is 2.69. The zero-order valence-electron chi connectivity index (χ0n) is 11.4. The number of aryl methyl sites for hydroxylation is 2. The summed E-state index contributed by atoms with van der Waals surface area (Å²) in [5, 5.41) is 9.51. The smallest absolute Gasteiger partial charge is 0.312 e. The molecule has 0 radical (unpaired) electrons. The quantitative estimate of drug-likeness (QED) is 0.923. The molecule has 0 aliphatic heterocycles. The second kappa shape index (κ2) is 6.18. The van der Waals surface area contributed by atoms with Gasteiger partial charge in [0, 0.05) is 10.7 Å². The van der Waals surface area contributed by atoms with Crippen molar-refractivity contribution < 1.29 is 9.90 Å². The highest BCUT2D eigenvalue weighted by Crippen LogP contribution is 2.28. The van der Waals surface area contributed by atoms with Crippen molar-refractivity contribution in [3.8, 4) is 0 Å². The van der Waals surface area contributed by atoms with Crippen molar-refractivity contribution in [3.63, 3.8) is 0 Å². The molecule has 0 amide bonds. The van der Waals surface area contributed by atoms with Gasteiger partial charge in [-0.1, -0.05) is 29.8 Å². The molecule has 20 heavy (non-hydrogen) atoms. The summed E-state index contributed by atoms with van der Waals surface area (Å²) in [4.78, 5) is 15.8. The van der Waals surface area contributed by atoms with E-state index in [0.717, 1.165) is 21.2 Å². The Bertz CT molecular complexity index is 640. The summed E-state index contributed by atoms with van der Waals surface area (Å²) in [6.45, 7) is 3.93. The monoisotopic (exact) mass is 333 g/mol. The van der Waals surface area contributed by atoms with E-state index in [1.54, 1.807) is 6.20 Å². The second-order valence-corrected chi connectivity index (χ2v) is 5.70. The van der Waals surface area contributed by atoms with Crippen molar-refractivity contribution in [2.75, 3.05) is 0 Å². The minimum absolute atomic E-state index is 0.437. The number of pyridine rings is 1. The van der Waals surface area contributed by atoms with Crippen LogP contribution in [-0.4, -0.2) is 16.1 Å². The van der Waals surface area contributed by atoms with Crippen LogP contribution in [0, 0.1) is 13.8 Å². The largest absolute Gasteiger partial charge is 0.481 e. The van der Waals surface area contributed by atoms with Gasteiger partial charge in [0.1, 0.15) is 5.92 Å². The lowest BCUT2D eigenvalue weighted by molar-refractivity contribution is -0.138. The van der Waals surface area contributed by atoms with Crippen LogP contribution >= 0.6 is 15.9 Å². The average Bonchev–Trinajstić information content (AvgIpc) is 2.39. The molecule has 0 saturated heterocycles. The van der Waals surface area contributed by atoms with E-state index in [1.807, 2.05) is 44.2 Å². The first-order valence-electron chi connectivity index (χ1n) is 6.38. The van der Waals surface area contributed by atoms with E-state index in [9.17, 15) is 9.90 Å². The van der Waals surface area contributed by atoms with Gasteiger partial charge in [-0.3, -0.25) is 9.78 Å². The van der Waals surface area contributed by atoms with Crippen molar-refractivity contribution in [3.05, 3.63) is 63.4 Å². The molecule has 104 valence electrons. The number of hydrogen-bond donors (Lipinski definition) is 1. The summed E-state index contributed by atoms with van der Waals surface area (Å²) in [6, 6.07) is 9.77. The molecule has 1 heterocycles. The van der Waals surface area contributed by atoms with Crippen LogP contribution < -0.4 is 0 Å². The van der Waals surface area contributed by atoms with Gasteiger partial charge in [-0.2, -0.15) is 0 Å². The van der Waals surface area contributed by atoms with Crippen LogP contribution in [0.25, 0.3) is 0 Å². The summed E-state index contributed by atoms with van der Waals surface area (Å²) < 4.78 is 0.778. The van der Waals surface area contributed by atoms with Gasteiger partial charge in [-0.15, -0.1) is 0 Å². The van der Waals surface area contributed by atoms with E-state index in [2.05, 4.69) is 20.9 Å². The first kappa shape index (κ1) is 14.7. The maximum atomic E-state index is 11.6. The molecular formula is C16H16BrNO2. The van der Waals surface area contributed by atoms with E-state index in [1.165, 1.54) is 0 Å². The molecule has 0 bridgehead atoms. The summed E-state index contributed by atoms with van der Waals surface area (Å²) in [5.41, 5.74) is 3.71. The first-order valence-corrected chi connectivity index (χ1v) is 7.17.